The van der Waals surface area contributed by atoms with Crippen molar-refractivity contribution < 1.29 is 9.59 Å². The zero-order chi connectivity index (χ0) is 15.1. The Bertz CT molecular complexity index is 609. The number of hydrogen-bond acceptors (Lipinski definition) is 2. The van der Waals surface area contributed by atoms with E-state index in [-0.39, 0.29) is 5.91 Å². The van der Waals surface area contributed by atoms with Crippen LogP contribution in [0.3, 0.4) is 0 Å². The number of urea groups is 1. The molecule has 108 valence electrons. The van der Waals surface area contributed by atoms with Gasteiger partial charge in [-0.15, -0.1) is 0 Å². The highest BCUT2D eigenvalue weighted by molar-refractivity contribution is 5.94. The summed E-state index contributed by atoms with van der Waals surface area (Å²) in [6.07, 6.45) is 0. The van der Waals surface area contributed by atoms with E-state index in [0.717, 1.165) is 11.1 Å². The fraction of sp³-hybridized carbons (Fsp3) is 0.125. The smallest absolute Gasteiger partial charge is 0.312 e. The summed E-state index contributed by atoms with van der Waals surface area (Å²) in [6.45, 7) is 0.839. The van der Waals surface area contributed by atoms with Crippen LogP contribution in [0.1, 0.15) is 21.5 Å². The molecule has 0 spiro atoms. The number of benzene rings is 2. The maximum atomic E-state index is 12.0. The molecule has 0 saturated carbocycles. The Morgan fingerprint density at radius 2 is 1.38 bits per heavy atom. The van der Waals surface area contributed by atoms with E-state index in [0.29, 0.717) is 18.7 Å². The molecule has 0 saturated heterocycles. The molecule has 4 N–H and O–H groups in total. The number of carbonyl (C=O) groups is 2. The van der Waals surface area contributed by atoms with Crippen molar-refractivity contribution in [3.05, 3.63) is 71.3 Å². The molecule has 21 heavy (non-hydrogen) atoms. The molecule has 0 aromatic heterocycles. The molecule has 0 radical (unpaired) electrons. The predicted octanol–water partition coefficient (Wildman–Crippen LogP) is 1.78. The minimum absolute atomic E-state index is 0.131. The number of rotatable bonds is 5. The maximum absolute atomic E-state index is 12.0. The first kappa shape index (κ1) is 14.6. The number of hydrogen-bond donors (Lipinski definition) is 3. The van der Waals surface area contributed by atoms with Crippen molar-refractivity contribution in [2.24, 2.45) is 5.73 Å². The van der Waals surface area contributed by atoms with Crippen LogP contribution in [0.2, 0.25) is 0 Å². The van der Waals surface area contributed by atoms with Crippen molar-refractivity contribution in [2.75, 3.05) is 0 Å². The number of primary amides is 1. The van der Waals surface area contributed by atoms with E-state index < -0.39 is 6.03 Å². The number of nitrogens with two attached hydrogens (primary N) is 1. The van der Waals surface area contributed by atoms with E-state index in [1.165, 1.54) is 0 Å². The lowest BCUT2D eigenvalue weighted by Gasteiger charge is -2.07. The van der Waals surface area contributed by atoms with E-state index in [4.69, 9.17) is 5.73 Å². The van der Waals surface area contributed by atoms with Gasteiger partial charge in [0.15, 0.2) is 0 Å². The molecule has 5 nitrogen and oxygen atoms in total. The van der Waals surface area contributed by atoms with E-state index in [9.17, 15) is 9.59 Å². The number of carbonyl (C=O) groups excluding carboxylic acids is 2. The third-order valence-electron chi connectivity index (χ3n) is 2.98. The molecular formula is C16H17N3O2. The van der Waals surface area contributed by atoms with Crippen molar-refractivity contribution >= 4 is 11.9 Å². The summed E-state index contributed by atoms with van der Waals surface area (Å²) in [4.78, 5) is 22.6. The number of nitrogens with one attached hydrogen (secondary N) is 2. The summed E-state index contributed by atoms with van der Waals surface area (Å²) in [7, 11) is 0. The average molecular weight is 283 g/mol. The molecule has 0 unspecified atom stereocenters. The Morgan fingerprint density at radius 1 is 0.810 bits per heavy atom. The van der Waals surface area contributed by atoms with Crippen LogP contribution in [-0.4, -0.2) is 11.9 Å². The van der Waals surface area contributed by atoms with Gasteiger partial charge >= 0.3 is 6.03 Å². The van der Waals surface area contributed by atoms with E-state index >= 15 is 0 Å². The lowest BCUT2D eigenvalue weighted by Crippen LogP contribution is -2.28. The van der Waals surface area contributed by atoms with Crippen LogP contribution < -0.4 is 16.4 Å². The Morgan fingerprint density at radius 3 is 2.00 bits per heavy atom. The largest absolute Gasteiger partial charge is 0.352 e. The molecule has 2 rings (SSSR count). The van der Waals surface area contributed by atoms with Crippen LogP contribution in [0.15, 0.2) is 54.6 Å². The fourth-order valence-corrected chi connectivity index (χ4v) is 1.84. The minimum Gasteiger partial charge on any atom is -0.352 e. The van der Waals surface area contributed by atoms with Gasteiger partial charge in [-0.3, -0.25) is 4.79 Å². The molecule has 2 aromatic rings. The first-order chi connectivity index (χ1) is 10.1. The second-order valence-electron chi connectivity index (χ2n) is 4.58. The van der Waals surface area contributed by atoms with Gasteiger partial charge in [0.05, 0.1) is 0 Å². The van der Waals surface area contributed by atoms with Gasteiger partial charge in [-0.1, -0.05) is 42.5 Å². The third kappa shape index (κ3) is 4.65. The standard InChI is InChI=1S/C16H17N3O2/c17-16(21)19-11-13-6-8-14(9-7-13)15(20)18-10-12-4-2-1-3-5-12/h1-9H,10-11H2,(H,18,20)(H3,17,19,21). The van der Waals surface area contributed by atoms with E-state index in [1.54, 1.807) is 24.3 Å². The fourth-order valence-electron chi connectivity index (χ4n) is 1.84. The van der Waals surface area contributed by atoms with Crippen molar-refractivity contribution in [3.63, 3.8) is 0 Å². The second-order valence-corrected chi connectivity index (χ2v) is 4.58. The van der Waals surface area contributed by atoms with Crippen LogP contribution >= 0.6 is 0 Å². The Kier molecular flexibility index (Phi) is 4.93. The number of amides is 3. The van der Waals surface area contributed by atoms with Crippen LogP contribution in [0.25, 0.3) is 0 Å². The summed E-state index contributed by atoms with van der Waals surface area (Å²) >= 11 is 0. The van der Waals surface area contributed by atoms with Gasteiger partial charge in [0, 0.05) is 18.7 Å². The highest BCUT2D eigenvalue weighted by Gasteiger charge is 2.05. The molecule has 0 bridgehead atoms. The SMILES string of the molecule is NC(=O)NCc1ccc(C(=O)NCc2ccccc2)cc1. The second kappa shape index (κ2) is 7.09. The molecule has 0 fully saturated rings. The van der Waals surface area contributed by atoms with Crippen LogP contribution in [0.4, 0.5) is 4.79 Å². The highest BCUT2D eigenvalue weighted by atomic mass is 16.2. The molecular weight excluding hydrogens is 266 g/mol. The molecule has 0 atom stereocenters. The van der Waals surface area contributed by atoms with Gasteiger partial charge in [-0.25, -0.2) is 4.79 Å². The van der Waals surface area contributed by atoms with Gasteiger partial charge in [-0.05, 0) is 23.3 Å². The third-order valence-corrected chi connectivity index (χ3v) is 2.98. The van der Waals surface area contributed by atoms with Gasteiger partial charge < -0.3 is 16.4 Å². The highest BCUT2D eigenvalue weighted by Crippen LogP contribution is 2.05. The van der Waals surface area contributed by atoms with Crippen LogP contribution in [0.5, 0.6) is 0 Å². The monoisotopic (exact) mass is 283 g/mol. The molecule has 0 aliphatic carbocycles. The van der Waals surface area contributed by atoms with Gasteiger partial charge in [0.25, 0.3) is 5.91 Å². The molecule has 2 aromatic carbocycles. The van der Waals surface area contributed by atoms with Crippen LogP contribution in [-0.2, 0) is 13.1 Å². The average Bonchev–Trinajstić information content (AvgIpc) is 2.52. The van der Waals surface area contributed by atoms with Crippen LogP contribution in [0, 0.1) is 0 Å². The van der Waals surface area contributed by atoms with Crippen molar-refractivity contribution in [1.82, 2.24) is 10.6 Å². The lowest BCUT2D eigenvalue weighted by atomic mass is 10.1. The zero-order valence-electron chi connectivity index (χ0n) is 11.5. The summed E-state index contributed by atoms with van der Waals surface area (Å²) in [5.74, 6) is -0.131. The van der Waals surface area contributed by atoms with Crippen molar-refractivity contribution in [2.45, 2.75) is 13.1 Å². The van der Waals surface area contributed by atoms with Gasteiger partial charge in [0.2, 0.25) is 0 Å². The molecule has 0 aliphatic rings. The molecule has 0 heterocycles. The first-order valence-electron chi connectivity index (χ1n) is 6.59. The molecule has 3 amide bonds. The van der Waals surface area contributed by atoms with Crippen molar-refractivity contribution in [3.8, 4) is 0 Å². The first-order valence-corrected chi connectivity index (χ1v) is 6.59. The normalized spacial score (nSPS) is 9.90. The van der Waals surface area contributed by atoms with Gasteiger partial charge in [-0.2, -0.15) is 0 Å². The Labute approximate surface area is 123 Å². The zero-order valence-corrected chi connectivity index (χ0v) is 11.5. The molecule has 5 heteroatoms. The Balaban J connectivity index is 1.89. The lowest BCUT2D eigenvalue weighted by molar-refractivity contribution is 0.0951. The summed E-state index contributed by atoms with van der Waals surface area (Å²) in [5, 5.41) is 5.35. The quantitative estimate of drug-likeness (QED) is 0.781. The summed E-state index contributed by atoms with van der Waals surface area (Å²) < 4.78 is 0. The predicted molar refractivity (Wildman–Crippen MR) is 80.5 cm³/mol. The minimum atomic E-state index is -0.570. The topological polar surface area (TPSA) is 84.2 Å². The van der Waals surface area contributed by atoms with E-state index in [2.05, 4.69) is 10.6 Å². The summed E-state index contributed by atoms with van der Waals surface area (Å²) in [5.41, 5.74) is 7.51. The van der Waals surface area contributed by atoms with Crippen molar-refractivity contribution in [1.29, 1.82) is 0 Å². The molecule has 0 aliphatic heterocycles. The van der Waals surface area contributed by atoms with E-state index in [1.807, 2.05) is 30.3 Å². The summed E-state index contributed by atoms with van der Waals surface area (Å²) in [6, 6.07) is 16.2. The maximum Gasteiger partial charge on any atom is 0.312 e. The Hall–Kier alpha value is -2.82. The van der Waals surface area contributed by atoms with Gasteiger partial charge in [0.1, 0.15) is 0 Å².